The summed E-state index contributed by atoms with van der Waals surface area (Å²) in [7, 11) is 0. The fourth-order valence-corrected chi connectivity index (χ4v) is 6.83. The molecule has 2 aromatic carbocycles. The Morgan fingerprint density at radius 3 is 2.62 bits per heavy atom. The number of benzene rings is 2. The van der Waals surface area contributed by atoms with Crippen molar-refractivity contribution in [2.75, 3.05) is 5.43 Å². The summed E-state index contributed by atoms with van der Waals surface area (Å²) in [6.45, 7) is 9.01. The average molecular weight is 557 g/mol. The van der Waals surface area contributed by atoms with E-state index in [-0.39, 0.29) is 11.3 Å². The molecule has 7 heteroatoms. The van der Waals surface area contributed by atoms with Crippen LogP contribution in [-0.2, 0) is 11.3 Å². The minimum absolute atomic E-state index is 0.120. The normalized spacial score (nSPS) is 20.5. The summed E-state index contributed by atoms with van der Waals surface area (Å²) in [6.07, 6.45) is 2.04. The molecule has 0 unspecified atom stereocenters. The number of aryl methyl sites for hydroxylation is 3. The van der Waals surface area contributed by atoms with Crippen molar-refractivity contribution in [1.29, 1.82) is 0 Å². The van der Waals surface area contributed by atoms with Crippen LogP contribution in [0.2, 0.25) is 0 Å². The van der Waals surface area contributed by atoms with Crippen LogP contribution in [-0.4, -0.2) is 10.7 Å². The predicted molar refractivity (Wildman–Crippen MR) is 146 cm³/mol. The Kier molecular flexibility index (Phi) is 6.34. The maximum Gasteiger partial charge on any atom is 0.203 e. The summed E-state index contributed by atoms with van der Waals surface area (Å²) in [5.41, 5.74) is 11.5. The number of hydrazone groups is 1. The van der Waals surface area contributed by atoms with Crippen molar-refractivity contribution >= 4 is 60.7 Å². The number of halogens is 2. The van der Waals surface area contributed by atoms with Crippen molar-refractivity contribution in [1.82, 2.24) is 4.98 Å². The van der Waals surface area contributed by atoms with Crippen LogP contribution in [0.1, 0.15) is 53.5 Å². The molecule has 2 heterocycles. The first-order valence-corrected chi connectivity index (χ1v) is 13.6. The second-order valence-electron chi connectivity index (χ2n) is 9.62. The molecule has 2 aromatic heterocycles. The van der Waals surface area contributed by atoms with Crippen LogP contribution in [0.3, 0.4) is 0 Å². The standard InChI is InChI=1S/C27H27BrClN3OS/c1-15-7-16(2)24(17(3)8-15)27(4)11-19(12-27)25(31-32-26-30-21(13-29)14-34-26)23-10-18-9-20(28)5-6-22(18)33-23/h5-10,14,19H,11-13H2,1-4H3,(H,30,32). The second kappa shape index (κ2) is 9.14. The lowest BCUT2D eigenvalue weighted by atomic mass is 9.57. The molecule has 0 bridgehead atoms. The highest BCUT2D eigenvalue weighted by Crippen LogP contribution is 2.51. The number of thiazole rings is 1. The van der Waals surface area contributed by atoms with Crippen LogP contribution in [0.25, 0.3) is 11.0 Å². The van der Waals surface area contributed by atoms with E-state index in [4.69, 9.17) is 21.1 Å². The van der Waals surface area contributed by atoms with Crippen molar-refractivity contribution in [3.05, 3.63) is 80.0 Å². The van der Waals surface area contributed by atoms with Gasteiger partial charge in [-0.05, 0) is 80.0 Å². The molecular weight excluding hydrogens is 530 g/mol. The molecule has 176 valence electrons. The van der Waals surface area contributed by atoms with E-state index in [2.05, 4.69) is 78.3 Å². The number of furan rings is 1. The number of hydrogen-bond donors (Lipinski definition) is 1. The van der Waals surface area contributed by atoms with Gasteiger partial charge in [-0.3, -0.25) is 5.43 Å². The van der Waals surface area contributed by atoms with Gasteiger partial charge in [-0.1, -0.05) is 40.5 Å². The number of anilines is 1. The summed E-state index contributed by atoms with van der Waals surface area (Å²) in [4.78, 5) is 4.49. The zero-order valence-electron chi connectivity index (χ0n) is 19.7. The van der Waals surface area contributed by atoms with Crippen molar-refractivity contribution in [2.24, 2.45) is 11.0 Å². The van der Waals surface area contributed by atoms with Crippen LogP contribution < -0.4 is 5.43 Å². The Morgan fingerprint density at radius 2 is 1.94 bits per heavy atom. The average Bonchev–Trinajstić information content (AvgIpc) is 3.38. The number of nitrogens with zero attached hydrogens (tertiary/aromatic N) is 2. The topological polar surface area (TPSA) is 50.4 Å². The summed E-state index contributed by atoms with van der Waals surface area (Å²) in [5.74, 6) is 1.48. The Bertz CT molecular complexity index is 1380. The highest BCUT2D eigenvalue weighted by molar-refractivity contribution is 9.10. The Hall–Kier alpha value is -2.15. The zero-order valence-corrected chi connectivity index (χ0v) is 22.9. The van der Waals surface area contributed by atoms with E-state index in [1.54, 1.807) is 0 Å². The van der Waals surface area contributed by atoms with Gasteiger partial charge in [0.15, 0.2) is 5.76 Å². The highest BCUT2D eigenvalue weighted by Gasteiger charge is 2.46. The first-order chi connectivity index (χ1) is 16.3. The minimum atomic E-state index is 0.120. The molecule has 1 saturated carbocycles. The third-order valence-corrected chi connectivity index (χ3v) is 8.32. The van der Waals surface area contributed by atoms with E-state index in [0.717, 1.165) is 50.6 Å². The highest BCUT2D eigenvalue weighted by atomic mass is 79.9. The summed E-state index contributed by atoms with van der Waals surface area (Å²) >= 11 is 11.0. The van der Waals surface area contributed by atoms with Gasteiger partial charge >= 0.3 is 0 Å². The monoisotopic (exact) mass is 555 g/mol. The third kappa shape index (κ3) is 4.43. The van der Waals surface area contributed by atoms with Crippen LogP contribution >= 0.6 is 38.9 Å². The smallest absolute Gasteiger partial charge is 0.203 e. The number of fused-ring (bicyclic) bond motifs is 1. The molecule has 4 aromatic rings. The number of alkyl halides is 1. The van der Waals surface area contributed by atoms with E-state index >= 15 is 0 Å². The maximum atomic E-state index is 6.26. The van der Waals surface area contributed by atoms with Crippen LogP contribution in [0.5, 0.6) is 0 Å². The van der Waals surface area contributed by atoms with E-state index in [0.29, 0.717) is 5.88 Å². The van der Waals surface area contributed by atoms with E-state index in [1.807, 2.05) is 17.5 Å². The lowest BCUT2D eigenvalue weighted by Gasteiger charge is -2.47. The van der Waals surface area contributed by atoms with Crippen molar-refractivity contribution in [2.45, 2.75) is 51.8 Å². The fourth-order valence-electron chi connectivity index (χ4n) is 5.57. The van der Waals surface area contributed by atoms with Gasteiger partial charge in [0.2, 0.25) is 5.13 Å². The quantitative estimate of drug-likeness (QED) is 0.147. The molecule has 1 aliphatic rings. The molecule has 0 saturated heterocycles. The zero-order chi connectivity index (χ0) is 24.0. The molecule has 34 heavy (non-hydrogen) atoms. The van der Waals surface area contributed by atoms with Gasteiger partial charge in [0, 0.05) is 21.2 Å². The number of rotatable bonds is 6. The fraction of sp³-hybridized carbons (Fsp3) is 0.333. The van der Waals surface area contributed by atoms with Crippen molar-refractivity contribution in [3.8, 4) is 0 Å². The second-order valence-corrected chi connectivity index (χ2v) is 11.7. The molecule has 0 spiro atoms. The molecule has 1 aliphatic carbocycles. The molecule has 0 amide bonds. The minimum Gasteiger partial charge on any atom is -0.455 e. The lowest BCUT2D eigenvalue weighted by Crippen LogP contribution is -2.43. The number of nitrogens with one attached hydrogen (secondary N) is 1. The largest absolute Gasteiger partial charge is 0.455 e. The first kappa shape index (κ1) is 23.6. The lowest BCUT2D eigenvalue weighted by molar-refractivity contribution is 0.215. The van der Waals surface area contributed by atoms with Gasteiger partial charge in [0.1, 0.15) is 11.3 Å². The molecule has 0 atom stereocenters. The van der Waals surface area contributed by atoms with Crippen LogP contribution in [0, 0.1) is 26.7 Å². The van der Waals surface area contributed by atoms with Gasteiger partial charge in [-0.15, -0.1) is 22.9 Å². The maximum absolute atomic E-state index is 6.26. The molecule has 1 fully saturated rings. The first-order valence-electron chi connectivity index (χ1n) is 11.4. The van der Waals surface area contributed by atoms with Gasteiger partial charge in [-0.2, -0.15) is 5.10 Å². The van der Waals surface area contributed by atoms with Gasteiger partial charge in [0.05, 0.1) is 11.6 Å². The molecule has 5 rings (SSSR count). The van der Waals surface area contributed by atoms with Crippen molar-refractivity contribution < 1.29 is 4.42 Å². The number of hydrogen-bond acceptors (Lipinski definition) is 5. The molecule has 0 aliphatic heterocycles. The van der Waals surface area contributed by atoms with Gasteiger partial charge in [0.25, 0.3) is 0 Å². The van der Waals surface area contributed by atoms with Crippen LogP contribution in [0.4, 0.5) is 5.13 Å². The van der Waals surface area contributed by atoms with Crippen molar-refractivity contribution in [3.63, 3.8) is 0 Å². The van der Waals surface area contributed by atoms with Gasteiger partial charge < -0.3 is 4.42 Å². The SMILES string of the molecule is Cc1cc(C)c(C2(C)CC(C(=NNc3nc(CCl)cs3)c3cc4cc(Br)ccc4o3)C2)c(C)c1. The van der Waals surface area contributed by atoms with E-state index in [1.165, 1.54) is 33.6 Å². The molecular formula is C27H27BrClN3OS. The number of aromatic nitrogens is 1. The summed E-state index contributed by atoms with van der Waals surface area (Å²) < 4.78 is 7.29. The Labute approximate surface area is 217 Å². The molecule has 4 nitrogen and oxygen atoms in total. The molecule has 0 radical (unpaired) electrons. The predicted octanol–water partition coefficient (Wildman–Crippen LogP) is 8.50. The molecule has 1 N–H and O–H groups in total. The van der Waals surface area contributed by atoms with Crippen LogP contribution in [0.15, 0.2) is 55.8 Å². The Morgan fingerprint density at radius 1 is 1.21 bits per heavy atom. The van der Waals surface area contributed by atoms with Gasteiger partial charge in [-0.25, -0.2) is 4.98 Å². The van der Waals surface area contributed by atoms with E-state index < -0.39 is 0 Å². The third-order valence-electron chi connectivity index (χ3n) is 6.75. The summed E-state index contributed by atoms with van der Waals surface area (Å²) in [6, 6.07) is 12.7. The van der Waals surface area contributed by atoms with E-state index in [9.17, 15) is 0 Å². The Balaban J connectivity index is 1.48. The summed E-state index contributed by atoms with van der Waals surface area (Å²) in [5, 5.41) is 8.58.